The second-order valence-electron chi connectivity index (χ2n) is 2.88. The van der Waals surface area contributed by atoms with Gasteiger partial charge in [-0.1, -0.05) is 5.16 Å². The van der Waals surface area contributed by atoms with Crippen LogP contribution in [0.25, 0.3) is 0 Å². The highest BCUT2D eigenvalue weighted by Gasteiger charge is 2.38. The third kappa shape index (κ3) is 2.93. The minimum absolute atomic E-state index is 0.0330. The molecule has 6 heteroatoms. The van der Waals surface area contributed by atoms with Gasteiger partial charge in [0, 0.05) is 6.07 Å². The van der Waals surface area contributed by atoms with E-state index in [9.17, 15) is 13.2 Å². The SMILES string of the molecule is CO/N=C(/c1ccc[n+](C)c1)C(F)(F)F. The highest BCUT2D eigenvalue weighted by atomic mass is 19.4. The zero-order chi connectivity index (χ0) is 11.5. The zero-order valence-electron chi connectivity index (χ0n) is 8.25. The fourth-order valence-corrected chi connectivity index (χ4v) is 1.09. The van der Waals surface area contributed by atoms with Crippen LogP contribution in [-0.4, -0.2) is 19.0 Å². The number of pyridine rings is 1. The molecule has 0 unspecified atom stereocenters. The molecule has 1 heterocycles. The van der Waals surface area contributed by atoms with E-state index in [-0.39, 0.29) is 5.56 Å². The molecule has 0 fully saturated rings. The average Bonchev–Trinajstić information content (AvgIpc) is 2.12. The molecule has 15 heavy (non-hydrogen) atoms. The Morgan fingerprint density at radius 2 is 2.13 bits per heavy atom. The van der Waals surface area contributed by atoms with Crippen LogP contribution in [-0.2, 0) is 11.9 Å². The van der Waals surface area contributed by atoms with Gasteiger partial charge in [0.05, 0.1) is 5.56 Å². The van der Waals surface area contributed by atoms with Crippen molar-refractivity contribution in [2.24, 2.45) is 12.2 Å². The standard InChI is InChI=1S/C9H10F3N2O/c1-14-5-3-4-7(6-14)8(13-15-2)9(10,11)12/h3-6H,1-2H3/q+1/b13-8-. The Kier molecular flexibility index (Phi) is 3.28. The molecule has 82 valence electrons. The van der Waals surface area contributed by atoms with E-state index in [4.69, 9.17) is 0 Å². The molecule has 0 atom stereocenters. The van der Waals surface area contributed by atoms with E-state index in [1.54, 1.807) is 13.2 Å². The van der Waals surface area contributed by atoms with Gasteiger partial charge in [0.25, 0.3) is 0 Å². The van der Waals surface area contributed by atoms with Crippen LogP contribution in [0, 0.1) is 0 Å². The van der Waals surface area contributed by atoms with Crippen molar-refractivity contribution in [3.63, 3.8) is 0 Å². The maximum atomic E-state index is 12.5. The number of aromatic nitrogens is 1. The molecule has 0 spiro atoms. The fourth-order valence-electron chi connectivity index (χ4n) is 1.09. The lowest BCUT2D eigenvalue weighted by Crippen LogP contribution is -2.31. The van der Waals surface area contributed by atoms with Crippen molar-refractivity contribution in [2.75, 3.05) is 7.11 Å². The Morgan fingerprint density at radius 3 is 2.60 bits per heavy atom. The van der Waals surface area contributed by atoms with Crippen molar-refractivity contribution in [3.05, 3.63) is 30.1 Å². The average molecular weight is 219 g/mol. The Hall–Kier alpha value is -1.59. The van der Waals surface area contributed by atoms with Gasteiger partial charge < -0.3 is 4.84 Å². The predicted molar refractivity (Wildman–Crippen MR) is 47.2 cm³/mol. The number of alkyl halides is 3. The first-order chi connectivity index (χ1) is 6.95. The maximum absolute atomic E-state index is 12.5. The maximum Gasteiger partial charge on any atom is 0.437 e. The Balaban J connectivity index is 3.17. The molecule has 0 amide bonds. The van der Waals surface area contributed by atoms with E-state index < -0.39 is 11.9 Å². The summed E-state index contributed by atoms with van der Waals surface area (Å²) < 4.78 is 39.0. The molecule has 0 aliphatic rings. The van der Waals surface area contributed by atoms with Gasteiger partial charge in [-0.3, -0.25) is 0 Å². The Morgan fingerprint density at radius 1 is 1.47 bits per heavy atom. The lowest BCUT2D eigenvalue weighted by atomic mass is 10.2. The number of hydrogen-bond donors (Lipinski definition) is 0. The van der Waals surface area contributed by atoms with Crippen LogP contribution in [0.5, 0.6) is 0 Å². The summed E-state index contributed by atoms with van der Waals surface area (Å²) in [6.45, 7) is 0. The second kappa shape index (κ2) is 4.29. The van der Waals surface area contributed by atoms with Crippen LogP contribution >= 0.6 is 0 Å². The van der Waals surface area contributed by atoms with Crippen molar-refractivity contribution in [2.45, 2.75) is 6.18 Å². The molecule has 1 aromatic rings. The zero-order valence-corrected chi connectivity index (χ0v) is 8.25. The van der Waals surface area contributed by atoms with Crippen molar-refractivity contribution in [1.82, 2.24) is 0 Å². The predicted octanol–water partition coefficient (Wildman–Crippen LogP) is 1.42. The minimum Gasteiger partial charge on any atom is -0.399 e. The molecule has 3 nitrogen and oxygen atoms in total. The van der Waals surface area contributed by atoms with Crippen LogP contribution in [0.4, 0.5) is 13.2 Å². The fraction of sp³-hybridized carbons (Fsp3) is 0.333. The molecule has 0 aliphatic heterocycles. The van der Waals surface area contributed by atoms with Gasteiger partial charge >= 0.3 is 6.18 Å². The summed E-state index contributed by atoms with van der Waals surface area (Å²) in [5, 5.41) is 2.99. The molecule has 1 rings (SSSR count). The summed E-state index contributed by atoms with van der Waals surface area (Å²) in [7, 11) is 2.71. The van der Waals surface area contributed by atoms with E-state index in [0.29, 0.717) is 0 Å². The van der Waals surface area contributed by atoms with E-state index in [1.165, 1.54) is 22.9 Å². The monoisotopic (exact) mass is 219 g/mol. The molecule has 0 saturated carbocycles. The van der Waals surface area contributed by atoms with Crippen LogP contribution in [0.15, 0.2) is 29.7 Å². The molecule has 0 aliphatic carbocycles. The van der Waals surface area contributed by atoms with Gasteiger partial charge in [0.2, 0.25) is 0 Å². The number of hydrogen-bond acceptors (Lipinski definition) is 2. The molecule has 0 bridgehead atoms. The highest BCUT2D eigenvalue weighted by molar-refractivity contribution is 6.03. The van der Waals surface area contributed by atoms with Crippen LogP contribution < -0.4 is 4.57 Å². The summed E-state index contributed by atoms with van der Waals surface area (Å²) in [5.74, 6) is 0. The highest BCUT2D eigenvalue weighted by Crippen LogP contribution is 2.21. The topological polar surface area (TPSA) is 25.5 Å². The smallest absolute Gasteiger partial charge is 0.399 e. The first-order valence-electron chi connectivity index (χ1n) is 4.09. The normalized spacial score (nSPS) is 12.7. The third-order valence-corrected chi connectivity index (χ3v) is 1.66. The number of rotatable bonds is 2. The van der Waals surface area contributed by atoms with Gasteiger partial charge in [0.15, 0.2) is 18.1 Å². The number of halogens is 3. The quantitative estimate of drug-likeness (QED) is 0.419. The minimum atomic E-state index is -4.52. The van der Waals surface area contributed by atoms with E-state index >= 15 is 0 Å². The molecular weight excluding hydrogens is 209 g/mol. The number of oxime groups is 1. The van der Waals surface area contributed by atoms with Crippen LogP contribution in [0.2, 0.25) is 0 Å². The number of aryl methyl sites for hydroxylation is 1. The summed E-state index contributed by atoms with van der Waals surface area (Å²) in [6, 6.07) is 2.83. The van der Waals surface area contributed by atoms with Crippen molar-refractivity contribution >= 4 is 5.71 Å². The lowest BCUT2D eigenvalue weighted by Gasteiger charge is -2.07. The van der Waals surface area contributed by atoms with Crippen molar-refractivity contribution in [1.29, 1.82) is 0 Å². The third-order valence-electron chi connectivity index (χ3n) is 1.66. The summed E-state index contributed by atoms with van der Waals surface area (Å²) in [6.07, 6.45) is -1.57. The molecule has 0 saturated heterocycles. The summed E-state index contributed by atoms with van der Waals surface area (Å²) in [4.78, 5) is 4.18. The van der Waals surface area contributed by atoms with E-state index in [2.05, 4.69) is 9.99 Å². The van der Waals surface area contributed by atoms with Crippen LogP contribution in [0.3, 0.4) is 0 Å². The summed E-state index contributed by atoms with van der Waals surface area (Å²) in [5.41, 5.74) is -1.07. The number of nitrogens with zero attached hydrogens (tertiary/aromatic N) is 2. The first-order valence-corrected chi connectivity index (χ1v) is 4.09. The Bertz CT molecular complexity index is 374. The summed E-state index contributed by atoms with van der Waals surface area (Å²) >= 11 is 0. The van der Waals surface area contributed by atoms with E-state index in [1.807, 2.05) is 0 Å². The van der Waals surface area contributed by atoms with Crippen LogP contribution in [0.1, 0.15) is 5.56 Å². The van der Waals surface area contributed by atoms with E-state index in [0.717, 1.165) is 7.11 Å². The van der Waals surface area contributed by atoms with Crippen molar-refractivity contribution < 1.29 is 22.6 Å². The molecule has 0 radical (unpaired) electrons. The first kappa shape index (κ1) is 11.5. The molecule has 0 aromatic carbocycles. The molecule has 1 aromatic heterocycles. The largest absolute Gasteiger partial charge is 0.437 e. The Labute approximate surface area is 84.8 Å². The second-order valence-corrected chi connectivity index (χ2v) is 2.88. The van der Waals surface area contributed by atoms with Gasteiger partial charge in [0.1, 0.15) is 14.2 Å². The van der Waals surface area contributed by atoms with Gasteiger partial charge in [-0.05, 0) is 6.07 Å². The van der Waals surface area contributed by atoms with Crippen molar-refractivity contribution in [3.8, 4) is 0 Å². The lowest BCUT2D eigenvalue weighted by molar-refractivity contribution is -0.671. The van der Waals surface area contributed by atoms with Gasteiger partial charge in [-0.2, -0.15) is 13.2 Å². The molecule has 0 N–H and O–H groups in total. The van der Waals surface area contributed by atoms with Gasteiger partial charge in [-0.15, -0.1) is 0 Å². The molecular formula is C9H10F3N2O+. The van der Waals surface area contributed by atoms with Gasteiger partial charge in [-0.25, -0.2) is 4.57 Å².